The van der Waals surface area contributed by atoms with E-state index in [4.69, 9.17) is 4.74 Å². The van der Waals surface area contributed by atoms with E-state index >= 15 is 0 Å². The lowest BCUT2D eigenvalue weighted by molar-refractivity contribution is 0.0949. The topological polar surface area (TPSA) is 24.5 Å². The van der Waals surface area contributed by atoms with Crippen LogP contribution in [0.25, 0.3) is 0 Å². The summed E-state index contributed by atoms with van der Waals surface area (Å²) in [7, 11) is 1.78. The number of methoxy groups -OCH3 is 1. The molecule has 0 fully saturated rings. The first kappa shape index (κ1) is 18.9. The first-order valence-electron chi connectivity index (χ1n) is 7.83. The maximum Gasteiger partial charge on any atom is 0.0615 e. The predicted molar refractivity (Wildman–Crippen MR) is 84.7 cm³/mol. The van der Waals surface area contributed by atoms with Crippen molar-refractivity contribution in [2.45, 2.75) is 66.5 Å². The van der Waals surface area contributed by atoms with Gasteiger partial charge in [-0.1, -0.05) is 34.6 Å². The molecule has 0 rings (SSSR count). The molecule has 2 unspecified atom stereocenters. The minimum atomic E-state index is 0.319. The Morgan fingerprint density at radius 3 is 2.26 bits per heavy atom. The van der Waals surface area contributed by atoms with Gasteiger partial charge in [-0.25, -0.2) is 0 Å². The van der Waals surface area contributed by atoms with Crippen molar-refractivity contribution in [2.75, 3.05) is 33.4 Å². The minimum Gasteiger partial charge on any atom is -0.383 e. The third-order valence-corrected chi connectivity index (χ3v) is 3.83. The summed E-state index contributed by atoms with van der Waals surface area (Å²) in [6.07, 6.45) is 2.40. The second kappa shape index (κ2) is 9.73. The number of hydrogen-bond acceptors (Lipinski definition) is 3. The van der Waals surface area contributed by atoms with E-state index in [-0.39, 0.29) is 0 Å². The van der Waals surface area contributed by atoms with Gasteiger partial charge in [0.1, 0.15) is 0 Å². The average molecular weight is 272 g/mol. The smallest absolute Gasteiger partial charge is 0.0615 e. The van der Waals surface area contributed by atoms with Crippen LogP contribution in [-0.4, -0.2) is 50.3 Å². The Morgan fingerprint density at radius 2 is 1.84 bits per heavy atom. The minimum absolute atomic E-state index is 0.319. The van der Waals surface area contributed by atoms with Crippen LogP contribution < -0.4 is 5.32 Å². The summed E-state index contributed by atoms with van der Waals surface area (Å²) >= 11 is 0. The molecular formula is C16H36N2O. The number of rotatable bonds is 10. The zero-order chi connectivity index (χ0) is 14.9. The van der Waals surface area contributed by atoms with E-state index in [1.165, 1.54) is 12.8 Å². The van der Waals surface area contributed by atoms with Gasteiger partial charge in [-0.05, 0) is 44.8 Å². The summed E-state index contributed by atoms with van der Waals surface area (Å²) in [6, 6.07) is 1.08. The van der Waals surface area contributed by atoms with Gasteiger partial charge in [0, 0.05) is 19.2 Å². The van der Waals surface area contributed by atoms with Crippen LogP contribution in [0.1, 0.15) is 54.4 Å². The third-order valence-electron chi connectivity index (χ3n) is 3.83. The van der Waals surface area contributed by atoms with E-state index in [0.29, 0.717) is 17.5 Å². The monoisotopic (exact) mass is 272 g/mol. The molecule has 0 saturated heterocycles. The van der Waals surface area contributed by atoms with Crippen molar-refractivity contribution >= 4 is 0 Å². The first-order chi connectivity index (χ1) is 8.86. The Morgan fingerprint density at radius 1 is 1.21 bits per heavy atom. The fraction of sp³-hybridized carbons (Fsp3) is 1.00. The summed E-state index contributed by atoms with van der Waals surface area (Å²) in [4.78, 5) is 2.51. The molecule has 3 heteroatoms. The summed E-state index contributed by atoms with van der Waals surface area (Å²) in [5, 5.41) is 3.70. The summed E-state index contributed by atoms with van der Waals surface area (Å²) in [5.74, 6) is 0. The molecule has 0 aromatic heterocycles. The van der Waals surface area contributed by atoms with Gasteiger partial charge < -0.3 is 10.1 Å². The fourth-order valence-corrected chi connectivity index (χ4v) is 2.49. The third kappa shape index (κ3) is 7.91. The molecule has 0 amide bonds. The number of nitrogens with one attached hydrogen (secondary N) is 1. The van der Waals surface area contributed by atoms with Gasteiger partial charge in [0.05, 0.1) is 6.61 Å². The lowest BCUT2D eigenvalue weighted by Gasteiger charge is -2.35. The van der Waals surface area contributed by atoms with E-state index in [1.807, 2.05) is 0 Å². The molecule has 19 heavy (non-hydrogen) atoms. The number of nitrogens with zero attached hydrogens (tertiary/aromatic N) is 1. The standard InChI is InChI=1S/C16H36N2O/c1-8-11-17-15(16(4,5)6)10-12-18(9-2)14(3)13-19-7/h14-15,17H,8-13H2,1-7H3. The Kier molecular flexibility index (Phi) is 9.67. The van der Waals surface area contributed by atoms with Gasteiger partial charge in [0.25, 0.3) is 0 Å². The average Bonchev–Trinajstić information content (AvgIpc) is 2.32. The SMILES string of the molecule is CCCNC(CCN(CC)C(C)COC)C(C)(C)C. The van der Waals surface area contributed by atoms with Crippen LogP contribution in [0, 0.1) is 5.41 Å². The van der Waals surface area contributed by atoms with Crippen LogP contribution in [0.3, 0.4) is 0 Å². The fourth-order valence-electron chi connectivity index (χ4n) is 2.49. The molecular weight excluding hydrogens is 236 g/mol. The molecule has 0 aliphatic heterocycles. The van der Waals surface area contributed by atoms with Gasteiger partial charge in [-0.15, -0.1) is 0 Å². The van der Waals surface area contributed by atoms with Gasteiger partial charge >= 0.3 is 0 Å². The number of hydrogen-bond donors (Lipinski definition) is 1. The second-order valence-electron chi connectivity index (χ2n) is 6.59. The van der Waals surface area contributed by atoms with Crippen molar-refractivity contribution in [2.24, 2.45) is 5.41 Å². The van der Waals surface area contributed by atoms with E-state index in [0.717, 1.165) is 26.2 Å². The molecule has 0 spiro atoms. The van der Waals surface area contributed by atoms with Crippen molar-refractivity contribution < 1.29 is 4.74 Å². The predicted octanol–water partition coefficient (Wildman–Crippen LogP) is 3.15. The molecule has 3 nitrogen and oxygen atoms in total. The van der Waals surface area contributed by atoms with Crippen LogP contribution in [0.15, 0.2) is 0 Å². The molecule has 0 aliphatic rings. The Balaban J connectivity index is 4.34. The van der Waals surface area contributed by atoms with Crippen LogP contribution in [0.4, 0.5) is 0 Å². The highest BCUT2D eigenvalue weighted by Gasteiger charge is 2.24. The highest BCUT2D eigenvalue weighted by atomic mass is 16.5. The lowest BCUT2D eigenvalue weighted by atomic mass is 9.84. The van der Waals surface area contributed by atoms with Gasteiger partial charge in [0.2, 0.25) is 0 Å². The summed E-state index contributed by atoms with van der Waals surface area (Å²) < 4.78 is 5.27. The van der Waals surface area contributed by atoms with Crippen molar-refractivity contribution in [3.8, 4) is 0 Å². The molecule has 0 bridgehead atoms. The van der Waals surface area contributed by atoms with Crippen LogP contribution >= 0.6 is 0 Å². The number of ether oxygens (including phenoxy) is 1. The van der Waals surface area contributed by atoms with E-state index in [9.17, 15) is 0 Å². The van der Waals surface area contributed by atoms with Crippen LogP contribution in [0.5, 0.6) is 0 Å². The maximum atomic E-state index is 5.27. The van der Waals surface area contributed by atoms with Crippen molar-refractivity contribution in [1.82, 2.24) is 10.2 Å². The molecule has 0 aromatic rings. The molecule has 1 N–H and O–H groups in total. The Bertz CT molecular complexity index is 213. The van der Waals surface area contributed by atoms with Crippen molar-refractivity contribution in [3.63, 3.8) is 0 Å². The van der Waals surface area contributed by atoms with Crippen LogP contribution in [-0.2, 0) is 4.74 Å². The summed E-state index contributed by atoms with van der Waals surface area (Å²) in [6.45, 7) is 17.9. The van der Waals surface area contributed by atoms with Crippen molar-refractivity contribution in [3.05, 3.63) is 0 Å². The zero-order valence-corrected chi connectivity index (χ0v) is 14.3. The second-order valence-corrected chi connectivity index (χ2v) is 6.59. The molecule has 116 valence electrons. The normalized spacial score (nSPS) is 15.8. The molecule has 0 aromatic carbocycles. The van der Waals surface area contributed by atoms with Gasteiger partial charge in [-0.3, -0.25) is 4.90 Å². The first-order valence-corrected chi connectivity index (χ1v) is 7.83. The molecule has 2 atom stereocenters. The largest absolute Gasteiger partial charge is 0.383 e. The van der Waals surface area contributed by atoms with Gasteiger partial charge in [-0.2, -0.15) is 0 Å². The zero-order valence-electron chi connectivity index (χ0n) is 14.3. The van der Waals surface area contributed by atoms with E-state index in [1.54, 1.807) is 7.11 Å². The maximum absolute atomic E-state index is 5.27. The molecule has 0 aliphatic carbocycles. The van der Waals surface area contributed by atoms with E-state index < -0.39 is 0 Å². The lowest BCUT2D eigenvalue weighted by Crippen LogP contribution is -2.45. The Labute approximate surface area is 121 Å². The molecule has 0 radical (unpaired) electrons. The van der Waals surface area contributed by atoms with Gasteiger partial charge in [0.15, 0.2) is 0 Å². The Hall–Kier alpha value is -0.120. The highest BCUT2D eigenvalue weighted by molar-refractivity contribution is 4.82. The summed E-state index contributed by atoms with van der Waals surface area (Å²) in [5.41, 5.74) is 0.319. The van der Waals surface area contributed by atoms with E-state index in [2.05, 4.69) is 51.8 Å². The number of likely N-dealkylation sites (N-methyl/N-ethyl adjacent to an activating group) is 1. The molecule has 0 saturated carbocycles. The van der Waals surface area contributed by atoms with Crippen molar-refractivity contribution in [1.29, 1.82) is 0 Å². The molecule has 0 heterocycles. The highest BCUT2D eigenvalue weighted by Crippen LogP contribution is 2.22. The quantitative estimate of drug-likeness (QED) is 0.661. The van der Waals surface area contributed by atoms with Crippen LogP contribution in [0.2, 0.25) is 0 Å².